The number of allylic oxidation sites excluding steroid dienone is 1. The van der Waals surface area contributed by atoms with Gasteiger partial charge in [0.05, 0.1) is 0 Å². The van der Waals surface area contributed by atoms with E-state index in [-0.39, 0.29) is 12.5 Å². The topological polar surface area (TPSA) is 37.3 Å². The van der Waals surface area contributed by atoms with Crippen molar-refractivity contribution in [2.75, 3.05) is 6.61 Å². The van der Waals surface area contributed by atoms with Crippen LogP contribution in [0.4, 0.5) is 0 Å². The van der Waals surface area contributed by atoms with Crippen LogP contribution in [-0.4, -0.2) is 17.5 Å². The van der Waals surface area contributed by atoms with Gasteiger partial charge in [-0.1, -0.05) is 11.6 Å². The lowest BCUT2D eigenvalue weighted by atomic mass is 9.89. The Hall–Kier alpha value is -0.630. The fourth-order valence-electron chi connectivity index (χ4n) is 2.61. The maximum atomic E-state index is 11.1. The Labute approximate surface area is 72.3 Å². The maximum Gasteiger partial charge on any atom is 0.133 e. The summed E-state index contributed by atoms with van der Waals surface area (Å²) < 4.78 is 0. The highest BCUT2D eigenvalue weighted by atomic mass is 16.3. The number of hydrogen-bond acceptors (Lipinski definition) is 2. The van der Waals surface area contributed by atoms with Crippen LogP contribution in [0, 0.1) is 17.8 Å². The van der Waals surface area contributed by atoms with Crippen molar-refractivity contribution in [1.29, 1.82) is 0 Å². The standard InChI is InChI=1S/C10H14O2/c1-6-2-7-3-8(12)4-9(7)10(6)5-11/h2,7,9-11H,3-5H2,1H3. The summed E-state index contributed by atoms with van der Waals surface area (Å²) in [6.07, 6.45) is 3.57. The first-order valence-corrected chi connectivity index (χ1v) is 4.53. The van der Waals surface area contributed by atoms with Crippen LogP contribution >= 0.6 is 0 Å². The van der Waals surface area contributed by atoms with Crippen molar-refractivity contribution >= 4 is 5.78 Å². The number of rotatable bonds is 1. The second-order valence-electron chi connectivity index (χ2n) is 3.97. The Morgan fingerprint density at radius 2 is 2.33 bits per heavy atom. The highest BCUT2D eigenvalue weighted by Gasteiger charge is 2.41. The van der Waals surface area contributed by atoms with Gasteiger partial charge in [-0.25, -0.2) is 0 Å². The van der Waals surface area contributed by atoms with E-state index < -0.39 is 0 Å². The van der Waals surface area contributed by atoms with Gasteiger partial charge < -0.3 is 5.11 Å². The summed E-state index contributed by atoms with van der Waals surface area (Å²) in [6, 6.07) is 0. The van der Waals surface area contributed by atoms with Crippen LogP contribution in [0.15, 0.2) is 11.6 Å². The fraction of sp³-hybridized carbons (Fsp3) is 0.700. The lowest BCUT2D eigenvalue weighted by Crippen LogP contribution is -2.16. The average molecular weight is 166 g/mol. The molecule has 2 heteroatoms. The molecule has 1 fully saturated rings. The van der Waals surface area contributed by atoms with Crippen molar-refractivity contribution in [3.05, 3.63) is 11.6 Å². The molecule has 0 heterocycles. The zero-order valence-electron chi connectivity index (χ0n) is 7.29. The first kappa shape index (κ1) is 7.99. The van der Waals surface area contributed by atoms with Gasteiger partial charge >= 0.3 is 0 Å². The Morgan fingerprint density at radius 1 is 1.58 bits per heavy atom. The first-order chi connectivity index (χ1) is 5.72. The molecule has 2 aliphatic carbocycles. The van der Waals surface area contributed by atoms with Gasteiger partial charge in [0.25, 0.3) is 0 Å². The quantitative estimate of drug-likeness (QED) is 0.593. The third-order valence-electron chi connectivity index (χ3n) is 3.25. The van der Waals surface area contributed by atoms with E-state index in [1.54, 1.807) is 0 Å². The minimum Gasteiger partial charge on any atom is -0.396 e. The van der Waals surface area contributed by atoms with Crippen molar-refractivity contribution in [3.63, 3.8) is 0 Å². The van der Waals surface area contributed by atoms with Crippen LogP contribution in [0.1, 0.15) is 19.8 Å². The average Bonchev–Trinajstić information content (AvgIpc) is 2.43. The molecule has 0 spiro atoms. The van der Waals surface area contributed by atoms with Gasteiger partial charge in [-0.2, -0.15) is 0 Å². The van der Waals surface area contributed by atoms with Crippen LogP contribution in [0.2, 0.25) is 0 Å². The lowest BCUT2D eigenvalue weighted by Gasteiger charge is -2.16. The molecule has 2 nitrogen and oxygen atoms in total. The van der Waals surface area contributed by atoms with E-state index in [2.05, 4.69) is 13.0 Å². The summed E-state index contributed by atoms with van der Waals surface area (Å²) in [7, 11) is 0. The van der Waals surface area contributed by atoms with E-state index >= 15 is 0 Å². The first-order valence-electron chi connectivity index (χ1n) is 4.53. The molecule has 66 valence electrons. The minimum atomic E-state index is 0.205. The largest absolute Gasteiger partial charge is 0.396 e. The molecule has 1 saturated carbocycles. The highest BCUT2D eigenvalue weighted by molar-refractivity contribution is 5.82. The van der Waals surface area contributed by atoms with Gasteiger partial charge in [-0.3, -0.25) is 4.79 Å². The predicted molar refractivity (Wildman–Crippen MR) is 45.6 cm³/mol. The molecule has 0 amide bonds. The minimum absolute atomic E-state index is 0.205. The lowest BCUT2D eigenvalue weighted by molar-refractivity contribution is -0.117. The van der Waals surface area contributed by atoms with Crippen LogP contribution in [0.3, 0.4) is 0 Å². The highest BCUT2D eigenvalue weighted by Crippen LogP contribution is 2.44. The Bertz CT molecular complexity index is 242. The molecular weight excluding hydrogens is 152 g/mol. The third-order valence-corrected chi connectivity index (χ3v) is 3.25. The summed E-state index contributed by atoms with van der Waals surface area (Å²) in [4.78, 5) is 11.1. The summed E-state index contributed by atoms with van der Waals surface area (Å²) in [5.41, 5.74) is 1.28. The Balaban J connectivity index is 2.20. The van der Waals surface area contributed by atoms with E-state index in [1.165, 1.54) is 5.57 Å². The number of aliphatic hydroxyl groups is 1. The molecule has 3 atom stereocenters. The molecular formula is C10H14O2. The molecule has 0 aromatic heterocycles. The van der Waals surface area contributed by atoms with E-state index in [9.17, 15) is 4.79 Å². The molecule has 1 N–H and O–H groups in total. The number of hydrogen-bond donors (Lipinski definition) is 1. The number of ketones is 1. The molecule has 0 aromatic rings. The zero-order valence-corrected chi connectivity index (χ0v) is 7.29. The van der Waals surface area contributed by atoms with Crippen molar-refractivity contribution in [2.24, 2.45) is 17.8 Å². The smallest absolute Gasteiger partial charge is 0.133 e. The molecule has 2 aliphatic rings. The zero-order chi connectivity index (χ0) is 8.72. The Kier molecular flexibility index (Phi) is 1.80. The second-order valence-corrected chi connectivity index (χ2v) is 3.97. The number of Topliss-reactive ketones (excluding diaryl/α,β-unsaturated/α-hetero) is 1. The summed E-state index contributed by atoms with van der Waals surface area (Å²) >= 11 is 0. The second kappa shape index (κ2) is 2.70. The molecule has 0 saturated heterocycles. The van der Waals surface area contributed by atoms with Crippen molar-refractivity contribution in [2.45, 2.75) is 19.8 Å². The van der Waals surface area contributed by atoms with E-state index in [4.69, 9.17) is 5.11 Å². The summed E-state index contributed by atoms with van der Waals surface area (Å²) in [6.45, 7) is 2.26. The van der Waals surface area contributed by atoms with Gasteiger partial charge in [0.1, 0.15) is 5.78 Å². The number of carbonyl (C=O) groups is 1. The summed E-state index contributed by atoms with van der Waals surface area (Å²) in [5.74, 6) is 1.49. The molecule has 3 unspecified atom stereocenters. The number of fused-ring (bicyclic) bond motifs is 1. The molecule has 0 aromatic carbocycles. The molecule has 0 radical (unpaired) electrons. The Morgan fingerprint density at radius 3 is 3.00 bits per heavy atom. The molecule has 2 rings (SSSR count). The van der Waals surface area contributed by atoms with Crippen molar-refractivity contribution in [3.8, 4) is 0 Å². The van der Waals surface area contributed by atoms with Gasteiger partial charge in [0.15, 0.2) is 0 Å². The molecule has 0 aliphatic heterocycles. The van der Waals surface area contributed by atoms with Gasteiger partial charge in [-0.15, -0.1) is 0 Å². The van der Waals surface area contributed by atoms with Crippen LogP contribution < -0.4 is 0 Å². The van der Waals surface area contributed by atoms with Gasteiger partial charge in [-0.05, 0) is 18.8 Å². The summed E-state index contributed by atoms with van der Waals surface area (Å²) in [5, 5.41) is 9.12. The normalized spacial score (nSPS) is 40.0. The molecule has 0 bridgehead atoms. The maximum absolute atomic E-state index is 11.1. The monoisotopic (exact) mass is 166 g/mol. The van der Waals surface area contributed by atoms with Crippen molar-refractivity contribution < 1.29 is 9.90 Å². The van der Waals surface area contributed by atoms with E-state index in [0.29, 0.717) is 30.5 Å². The van der Waals surface area contributed by atoms with Crippen LogP contribution in [-0.2, 0) is 4.79 Å². The van der Waals surface area contributed by atoms with Gasteiger partial charge in [0, 0.05) is 25.4 Å². The van der Waals surface area contributed by atoms with Crippen LogP contribution in [0.25, 0.3) is 0 Å². The molecule has 12 heavy (non-hydrogen) atoms. The number of carbonyl (C=O) groups excluding carboxylic acids is 1. The van der Waals surface area contributed by atoms with E-state index in [0.717, 1.165) is 0 Å². The third kappa shape index (κ3) is 1.02. The predicted octanol–water partition coefficient (Wildman–Crippen LogP) is 1.15. The van der Waals surface area contributed by atoms with E-state index in [1.807, 2.05) is 0 Å². The fourth-order valence-corrected chi connectivity index (χ4v) is 2.61. The number of aliphatic hydroxyl groups excluding tert-OH is 1. The SMILES string of the molecule is CC1=CC2CC(=O)CC2C1CO. The van der Waals surface area contributed by atoms with Gasteiger partial charge in [0.2, 0.25) is 0 Å². The van der Waals surface area contributed by atoms with Crippen molar-refractivity contribution in [1.82, 2.24) is 0 Å². The van der Waals surface area contributed by atoms with Crippen LogP contribution in [0.5, 0.6) is 0 Å².